The van der Waals surface area contributed by atoms with E-state index in [-0.39, 0.29) is 0 Å². The van der Waals surface area contributed by atoms with E-state index in [1.807, 2.05) is 0 Å². The molecule has 1 N–H and O–H groups in total. The Labute approximate surface area is 97.9 Å². The van der Waals surface area contributed by atoms with Crippen LogP contribution in [0.4, 0.5) is 0 Å². The van der Waals surface area contributed by atoms with Crippen molar-refractivity contribution in [3.63, 3.8) is 0 Å². The molecule has 88 valence electrons. The van der Waals surface area contributed by atoms with E-state index in [1.165, 1.54) is 18.4 Å². The minimum Gasteiger partial charge on any atom is -0.395 e. The summed E-state index contributed by atoms with van der Waals surface area (Å²) in [5.74, 6) is 0. The lowest BCUT2D eigenvalue weighted by atomic mass is 9.87. The summed E-state index contributed by atoms with van der Waals surface area (Å²) in [6, 6.07) is 11.6. The van der Waals surface area contributed by atoms with Gasteiger partial charge >= 0.3 is 0 Å². The first-order valence-corrected chi connectivity index (χ1v) is 6.28. The number of nitrogens with zero attached hydrogens (tertiary/aromatic N) is 1. The number of rotatable bonds is 5. The number of unbranched alkanes of at least 4 members (excludes halogenated alkanes) is 1. The minimum atomic E-state index is 0.299. The normalized spacial score (nSPS) is 25.4. The second kappa shape index (κ2) is 5.46. The molecule has 0 bridgehead atoms. The summed E-state index contributed by atoms with van der Waals surface area (Å²) in [6.07, 6.45) is 3.54. The van der Waals surface area contributed by atoms with E-state index in [1.54, 1.807) is 0 Å². The zero-order valence-electron chi connectivity index (χ0n) is 9.97. The van der Waals surface area contributed by atoms with Crippen LogP contribution in [-0.4, -0.2) is 29.2 Å². The molecule has 1 heterocycles. The van der Waals surface area contributed by atoms with Crippen LogP contribution in [0.15, 0.2) is 30.3 Å². The van der Waals surface area contributed by atoms with Crippen LogP contribution < -0.4 is 0 Å². The molecule has 0 aliphatic carbocycles. The summed E-state index contributed by atoms with van der Waals surface area (Å²) < 4.78 is 0. The second-order valence-corrected chi connectivity index (χ2v) is 4.59. The molecule has 0 amide bonds. The lowest BCUT2D eigenvalue weighted by Crippen LogP contribution is -2.52. The molecule has 0 spiro atoms. The van der Waals surface area contributed by atoms with Crippen molar-refractivity contribution in [1.29, 1.82) is 0 Å². The Hall–Kier alpha value is -0.860. The highest BCUT2D eigenvalue weighted by Gasteiger charge is 2.37. The maximum atomic E-state index is 9.28. The van der Waals surface area contributed by atoms with Crippen LogP contribution in [0.1, 0.15) is 37.8 Å². The van der Waals surface area contributed by atoms with Crippen LogP contribution in [0.25, 0.3) is 0 Å². The van der Waals surface area contributed by atoms with Gasteiger partial charge in [0, 0.05) is 12.1 Å². The quantitative estimate of drug-likeness (QED) is 0.823. The molecule has 2 atom stereocenters. The minimum absolute atomic E-state index is 0.299. The van der Waals surface area contributed by atoms with Crippen molar-refractivity contribution in [3.05, 3.63) is 35.9 Å². The van der Waals surface area contributed by atoms with Crippen molar-refractivity contribution in [2.45, 2.75) is 38.3 Å². The number of hydrogen-bond donors (Lipinski definition) is 1. The zero-order valence-corrected chi connectivity index (χ0v) is 9.97. The number of aliphatic hydroxyl groups excluding tert-OH is 1. The molecule has 0 unspecified atom stereocenters. The first kappa shape index (κ1) is 11.6. The van der Waals surface area contributed by atoms with E-state index in [4.69, 9.17) is 0 Å². The van der Waals surface area contributed by atoms with Gasteiger partial charge in [-0.1, -0.05) is 43.7 Å². The maximum absolute atomic E-state index is 9.28. The first-order chi connectivity index (χ1) is 7.86. The van der Waals surface area contributed by atoms with E-state index in [2.05, 4.69) is 42.2 Å². The van der Waals surface area contributed by atoms with Crippen LogP contribution >= 0.6 is 0 Å². The third kappa shape index (κ3) is 2.28. The smallest absolute Gasteiger partial charge is 0.0587 e. The monoisotopic (exact) mass is 219 g/mol. The Bertz CT molecular complexity index is 312. The first-order valence-electron chi connectivity index (χ1n) is 6.28. The SMILES string of the molecule is CCCCN1[C@@H](CO)C[C@@H]1c1ccccc1. The Morgan fingerprint density at radius 2 is 2.06 bits per heavy atom. The summed E-state index contributed by atoms with van der Waals surface area (Å²) in [7, 11) is 0. The van der Waals surface area contributed by atoms with Crippen molar-refractivity contribution < 1.29 is 5.11 Å². The molecular weight excluding hydrogens is 198 g/mol. The molecule has 1 aromatic rings. The molecule has 16 heavy (non-hydrogen) atoms. The van der Waals surface area contributed by atoms with Gasteiger partial charge in [-0.3, -0.25) is 4.90 Å². The number of benzene rings is 1. The fraction of sp³-hybridized carbons (Fsp3) is 0.571. The summed E-state index contributed by atoms with van der Waals surface area (Å²) in [6.45, 7) is 3.62. The molecule has 1 aliphatic heterocycles. The third-order valence-electron chi connectivity index (χ3n) is 3.53. The Morgan fingerprint density at radius 1 is 1.31 bits per heavy atom. The Balaban J connectivity index is 2.00. The van der Waals surface area contributed by atoms with Crippen LogP contribution in [0.3, 0.4) is 0 Å². The van der Waals surface area contributed by atoms with E-state index in [0.29, 0.717) is 18.7 Å². The average molecular weight is 219 g/mol. The van der Waals surface area contributed by atoms with E-state index < -0.39 is 0 Å². The van der Waals surface area contributed by atoms with Gasteiger partial charge in [-0.25, -0.2) is 0 Å². The summed E-state index contributed by atoms with van der Waals surface area (Å²) in [4.78, 5) is 2.44. The third-order valence-corrected chi connectivity index (χ3v) is 3.53. The van der Waals surface area contributed by atoms with Crippen molar-refractivity contribution in [2.24, 2.45) is 0 Å². The zero-order chi connectivity index (χ0) is 11.4. The van der Waals surface area contributed by atoms with Crippen LogP contribution in [0.5, 0.6) is 0 Å². The Morgan fingerprint density at radius 3 is 2.69 bits per heavy atom. The van der Waals surface area contributed by atoms with Crippen molar-refractivity contribution in [2.75, 3.05) is 13.2 Å². The molecule has 2 heteroatoms. The van der Waals surface area contributed by atoms with E-state index >= 15 is 0 Å². The highest BCUT2D eigenvalue weighted by atomic mass is 16.3. The molecule has 2 rings (SSSR count). The Kier molecular flexibility index (Phi) is 3.97. The van der Waals surface area contributed by atoms with Crippen molar-refractivity contribution in [3.8, 4) is 0 Å². The molecular formula is C14H21NO. The molecule has 1 aliphatic rings. The summed E-state index contributed by atoms with van der Waals surface area (Å²) in [5.41, 5.74) is 1.39. The predicted octanol–water partition coefficient (Wildman–Crippen LogP) is 2.59. The molecule has 1 aromatic carbocycles. The second-order valence-electron chi connectivity index (χ2n) is 4.59. The van der Waals surface area contributed by atoms with E-state index in [0.717, 1.165) is 13.0 Å². The number of aliphatic hydroxyl groups is 1. The fourth-order valence-corrected chi connectivity index (χ4v) is 2.51. The van der Waals surface area contributed by atoms with Gasteiger partial charge in [0.15, 0.2) is 0 Å². The molecule has 1 saturated heterocycles. The van der Waals surface area contributed by atoms with Crippen LogP contribution in [0, 0.1) is 0 Å². The summed E-state index contributed by atoms with van der Waals surface area (Å²) >= 11 is 0. The average Bonchev–Trinajstić information content (AvgIpc) is 2.30. The van der Waals surface area contributed by atoms with Gasteiger partial charge in [-0.2, -0.15) is 0 Å². The standard InChI is InChI=1S/C14H21NO/c1-2-3-9-15-13(11-16)10-14(15)12-7-5-4-6-8-12/h4-8,13-14,16H,2-3,9-11H2,1H3/t13-,14-/m1/s1. The molecule has 2 nitrogen and oxygen atoms in total. The van der Waals surface area contributed by atoms with Gasteiger partial charge < -0.3 is 5.11 Å². The number of likely N-dealkylation sites (tertiary alicyclic amines) is 1. The molecule has 0 radical (unpaired) electrons. The molecule has 1 fully saturated rings. The van der Waals surface area contributed by atoms with Crippen LogP contribution in [-0.2, 0) is 0 Å². The maximum Gasteiger partial charge on any atom is 0.0587 e. The largest absolute Gasteiger partial charge is 0.395 e. The van der Waals surface area contributed by atoms with Gasteiger partial charge in [0.25, 0.3) is 0 Å². The topological polar surface area (TPSA) is 23.5 Å². The highest BCUT2D eigenvalue weighted by Crippen LogP contribution is 2.38. The highest BCUT2D eigenvalue weighted by molar-refractivity contribution is 5.22. The predicted molar refractivity (Wildman–Crippen MR) is 66.3 cm³/mol. The van der Waals surface area contributed by atoms with Crippen LogP contribution in [0.2, 0.25) is 0 Å². The lowest BCUT2D eigenvalue weighted by Gasteiger charge is -2.48. The lowest BCUT2D eigenvalue weighted by molar-refractivity contribution is -0.0194. The number of hydrogen-bond acceptors (Lipinski definition) is 2. The molecule has 0 saturated carbocycles. The van der Waals surface area contributed by atoms with Crippen molar-refractivity contribution >= 4 is 0 Å². The molecule has 0 aromatic heterocycles. The van der Waals surface area contributed by atoms with Gasteiger partial charge in [0.05, 0.1) is 6.61 Å². The van der Waals surface area contributed by atoms with Gasteiger partial charge in [-0.05, 0) is 24.9 Å². The van der Waals surface area contributed by atoms with Gasteiger partial charge in [0.1, 0.15) is 0 Å². The van der Waals surface area contributed by atoms with E-state index in [9.17, 15) is 5.11 Å². The fourth-order valence-electron chi connectivity index (χ4n) is 2.51. The van der Waals surface area contributed by atoms with Gasteiger partial charge in [0.2, 0.25) is 0 Å². The van der Waals surface area contributed by atoms with Gasteiger partial charge in [-0.15, -0.1) is 0 Å². The van der Waals surface area contributed by atoms with Crippen molar-refractivity contribution in [1.82, 2.24) is 4.90 Å². The summed E-state index contributed by atoms with van der Waals surface area (Å²) in [5, 5.41) is 9.28.